The van der Waals surface area contributed by atoms with Gasteiger partial charge in [0, 0.05) is 13.7 Å². The fourth-order valence-electron chi connectivity index (χ4n) is 2.17. The van der Waals surface area contributed by atoms with Gasteiger partial charge < -0.3 is 19.5 Å². The second-order valence-corrected chi connectivity index (χ2v) is 5.54. The van der Waals surface area contributed by atoms with Gasteiger partial charge in [0.25, 0.3) is 5.91 Å². The predicted molar refractivity (Wildman–Crippen MR) is 92.6 cm³/mol. The number of hydrogen-bond donors (Lipinski definition) is 1. The molecule has 0 unspecified atom stereocenters. The van der Waals surface area contributed by atoms with Crippen LogP contribution in [0.15, 0.2) is 48.5 Å². The van der Waals surface area contributed by atoms with Crippen molar-refractivity contribution < 1.29 is 32.2 Å². The number of hydrogen-bond acceptors (Lipinski definition) is 4. The summed E-state index contributed by atoms with van der Waals surface area (Å²) in [5.41, 5.74) is -0.0972. The first-order chi connectivity index (χ1) is 12.9. The first kappa shape index (κ1) is 20.6. The molecule has 0 saturated carbocycles. The third-order valence-electron chi connectivity index (χ3n) is 3.52. The SMILES string of the molecule is COCCOc1ccc(CNC(=O)COc2ccccc2C(F)(F)F)cc1. The maximum absolute atomic E-state index is 12.9. The fourth-order valence-corrected chi connectivity index (χ4v) is 2.17. The molecule has 0 fully saturated rings. The lowest BCUT2D eigenvalue weighted by atomic mass is 10.2. The Balaban J connectivity index is 1.80. The number of ether oxygens (including phenoxy) is 3. The van der Waals surface area contributed by atoms with Crippen LogP contribution in [0.5, 0.6) is 11.5 Å². The maximum Gasteiger partial charge on any atom is 0.419 e. The van der Waals surface area contributed by atoms with E-state index in [4.69, 9.17) is 14.2 Å². The van der Waals surface area contributed by atoms with Gasteiger partial charge in [-0.1, -0.05) is 24.3 Å². The summed E-state index contributed by atoms with van der Waals surface area (Å²) in [4.78, 5) is 11.8. The molecule has 27 heavy (non-hydrogen) atoms. The largest absolute Gasteiger partial charge is 0.491 e. The van der Waals surface area contributed by atoms with Crippen molar-refractivity contribution >= 4 is 5.91 Å². The Bertz CT molecular complexity index is 732. The molecule has 0 aliphatic carbocycles. The number of carbonyl (C=O) groups excluding carboxylic acids is 1. The minimum atomic E-state index is -4.54. The molecule has 1 amide bonds. The number of methoxy groups -OCH3 is 1. The van der Waals surface area contributed by atoms with Crippen molar-refractivity contribution in [1.82, 2.24) is 5.32 Å². The lowest BCUT2D eigenvalue weighted by molar-refractivity contribution is -0.139. The van der Waals surface area contributed by atoms with Crippen LogP contribution in [-0.2, 0) is 22.3 Å². The normalized spacial score (nSPS) is 11.1. The highest BCUT2D eigenvalue weighted by Crippen LogP contribution is 2.35. The number of benzene rings is 2. The van der Waals surface area contributed by atoms with Crippen LogP contribution in [0, 0.1) is 0 Å². The van der Waals surface area contributed by atoms with E-state index in [9.17, 15) is 18.0 Å². The number of para-hydroxylation sites is 1. The molecule has 8 heteroatoms. The van der Waals surface area contributed by atoms with Crippen LogP contribution in [0.3, 0.4) is 0 Å². The van der Waals surface area contributed by atoms with E-state index >= 15 is 0 Å². The highest BCUT2D eigenvalue weighted by Gasteiger charge is 2.34. The summed E-state index contributed by atoms with van der Waals surface area (Å²) in [5.74, 6) is -0.223. The van der Waals surface area contributed by atoms with Crippen LogP contribution in [0.2, 0.25) is 0 Å². The number of alkyl halides is 3. The molecule has 0 aliphatic heterocycles. The molecule has 0 saturated heterocycles. The minimum absolute atomic E-state index is 0.224. The van der Waals surface area contributed by atoms with Crippen LogP contribution < -0.4 is 14.8 Å². The van der Waals surface area contributed by atoms with E-state index in [1.165, 1.54) is 18.2 Å². The summed E-state index contributed by atoms with van der Waals surface area (Å²) in [7, 11) is 1.58. The molecular formula is C19H20F3NO4. The first-order valence-corrected chi connectivity index (χ1v) is 8.16. The van der Waals surface area contributed by atoms with Crippen molar-refractivity contribution in [1.29, 1.82) is 0 Å². The van der Waals surface area contributed by atoms with E-state index in [0.717, 1.165) is 11.6 Å². The molecule has 5 nitrogen and oxygen atoms in total. The van der Waals surface area contributed by atoms with Gasteiger partial charge in [-0.15, -0.1) is 0 Å². The lowest BCUT2D eigenvalue weighted by Crippen LogP contribution is -2.28. The standard InChI is InChI=1S/C19H20F3NO4/c1-25-10-11-26-15-8-6-14(7-9-15)12-23-18(24)13-27-17-5-3-2-4-16(17)19(20,21)22/h2-9H,10-13H2,1H3,(H,23,24). The van der Waals surface area contributed by atoms with Crippen LogP contribution in [0.25, 0.3) is 0 Å². The summed E-state index contributed by atoms with van der Waals surface area (Å²) in [6, 6.07) is 11.8. The average Bonchev–Trinajstić information content (AvgIpc) is 2.65. The van der Waals surface area contributed by atoms with Gasteiger partial charge >= 0.3 is 6.18 Å². The van der Waals surface area contributed by atoms with Crippen molar-refractivity contribution in [3.63, 3.8) is 0 Å². The minimum Gasteiger partial charge on any atom is -0.491 e. The zero-order valence-corrected chi connectivity index (χ0v) is 14.7. The van der Waals surface area contributed by atoms with Crippen LogP contribution in [0.4, 0.5) is 13.2 Å². The summed E-state index contributed by atoms with van der Waals surface area (Å²) in [6.07, 6.45) is -4.54. The van der Waals surface area contributed by atoms with Gasteiger partial charge in [-0.2, -0.15) is 13.2 Å². The topological polar surface area (TPSA) is 56.8 Å². The molecular weight excluding hydrogens is 363 g/mol. The van der Waals surface area contributed by atoms with Gasteiger partial charge in [0.2, 0.25) is 0 Å². The number of nitrogens with one attached hydrogen (secondary N) is 1. The molecule has 0 aromatic heterocycles. The quantitative estimate of drug-likeness (QED) is 0.674. The van der Waals surface area contributed by atoms with Crippen LogP contribution in [-0.4, -0.2) is 32.8 Å². The van der Waals surface area contributed by atoms with Crippen LogP contribution >= 0.6 is 0 Å². The molecule has 146 valence electrons. The third kappa shape index (κ3) is 6.82. The first-order valence-electron chi connectivity index (χ1n) is 8.16. The number of halogens is 3. The molecule has 0 radical (unpaired) electrons. The highest BCUT2D eigenvalue weighted by molar-refractivity contribution is 5.77. The predicted octanol–water partition coefficient (Wildman–Crippen LogP) is 3.43. The second kappa shape index (κ2) is 9.82. The molecule has 2 aromatic carbocycles. The molecule has 2 aromatic rings. The molecule has 0 atom stereocenters. The Morgan fingerprint density at radius 3 is 2.37 bits per heavy atom. The smallest absolute Gasteiger partial charge is 0.419 e. The Hall–Kier alpha value is -2.74. The molecule has 0 heterocycles. The summed E-state index contributed by atoms with van der Waals surface area (Å²) >= 11 is 0. The zero-order valence-electron chi connectivity index (χ0n) is 14.7. The lowest BCUT2D eigenvalue weighted by Gasteiger charge is -2.13. The number of rotatable bonds is 9. The Kier molecular flexibility index (Phi) is 7.48. The zero-order chi connectivity index (χ0) is 19.7. The third-order valence-corrected chi connectivity index (χ3v) is 3.52. The van der Waals surface area contributed by atoms with E-state index in [1.807, 2.05) is 0 Å². The molecule has 2 rings (SSSR count). The van der Waals surface area contributed by atoms with Gasteiger partial charge in [-0.25, -0.2) is 0 Å². The summed E-state index contributed by atoms with van der Waals surface area (Å²) < 4.78 is 54.0. The summed E-state index contributed by atoms with van der Waals surface area (Å²) in [6.45, 7) is 0.630. The number of carbonyl (C=O) groups is 1. The van der Waals surface area contributed by atoms with Gasteiger partial charge in [-0.05, 0) is 29.8 Å². The van der Waals surface area contributed by atoms with Gasteiger partial charge in [0.1, 0.15) is 18.1 Å². The second-order valence-electron chi connectivity index (χ2n) is 5.54. The summed E-state index contributed by atoms with van der Waals surface area (Å²) in [5, 5.41) is 2.59. The maximum atomic E-state index is 12.9. The van der Waals surface area contributed by atoms with Crippen LogP contribution in [0.1, 0.15) is 11.1 Å². The van der Waals surface area contributed by atoms with E-state index in [-0.39, 0.29) is 12.3 Å². The molecule has 0 spiro atoms. The Morgan fingerprint density at radius 2 is 1.70 bits per heavy atom. The fraction of sp³-hybridized carbons (Fsp3) is 0.316. The van der Waals surface area contributed by atoms with Gasteiger partial charge in [-0.3, -0.25) is 4.79 Å². The Morgan fingerprint density at radius 1 is 1.00 bits per heavy atom. The highest BCUT2D eigenvalue weighted by atomic mass is 19.4. The van der Waals surface area contributed by atoms with Crippen molar-refractivity contribution in [2.24, 2.45) is 0 Å². The monoisotopic (exact) mass is 383 g/mol. The van der Waals surface area contributed by atoms with Crippen molar-refractivity contribution in [2.45, 2.75) is 12.7 Å². The average molecular weight is 383 g/mol. The molecule has 1 N–H and O–H groups in total. The number of amides is 1. The molecule has 0 aliphatic rings. The van der Waals surface area contributed by atoms with Gasteiger partial charge in [0.15, 0.2) is 6.61 Å². The molecule has 0 bridgehead atoms. The van der Waals surface area contributed by atoms with E-state index in [1.54, 1.807) is 31.4 Å². The van der Waals surface area contributed by atoms with E-state index < -0.39 is 24.3 Å². The van der Waals surface area contributed by atoms with E-state index in [2.05, 4.69) is 5.32 Å². The van der Waals surface area contributed by atoms with Crippen molar-refractivity contribution in [3.8, 4) is 11.5 Å². The van der Waals surface area contributed by atoms with Crippen molar-refractivity contribution in [3.05, 3.63) is 59.7 Å². The van der Waals surface area contributed by atoms with Gasteiger partial charge in [0.05, 0.1) is 12.2 Å². The van der Waals surface area contributed by atoms with E-state index in [0.29, 0.717) is 19.0 Å². The Labute approximate surface area is 155 Å². The van der Waals surface area contributed by atoms with Crippen molar-refractivity contribution in [2.75, 3.05) is 26.9 Å².